The Kier molecular flexibility index (Phi) is 4.03. The number of nitrogens with two attached hydrogens (primary N) is 1. The normalized spacial score (nSPS) is 18.3. The lowest BCUT2D eigenvalue weighted by Gasteiger charge is -2.33. The standard InChI is InChI=1S/C12H13N3O6/c13-11(16)8-5-7(15(19)20)1-2-9(8)14-3-4-21-10(6-14)12(17)18/h1-2,5,10H,3-4,6H2,(H2,13,16)(H,17,18). The van der Waals surface area contributed by atoms with Crippen LogP contribution in [0.1, 0.15) is 10.4 Å². The fourth-order valence-electron chi connectivity index (χ4n) is 2.13. The monoisotopic (exact) mass is 295 g/mol. The van der Waals surface area contributed by atoms with Crippen LogP contribution in [0.15, 0.2) is 18.2 Å². The van der Waals surface area contributed by atoms with Crippen LogP contribution >= 0.6 is 0 Å². The van der Waals surface area contributed by atoms with Gasteiger partial charge in [0, 0.05) is 18.7 Å². The van der Waals surface area contributed by atoms with Crippen LogP contribution in [0.4, 0.5) is 11.4 Å². The Balaban J connectivity index is 2.36. The van der Waals surface area contributed by atoms with Crippen molar-refractivity contribution in [2.75, 3.05) is 24.6 Å². The molecule has 1 unspecified atom stereocenters. The number of benzene rings is 1. The van der Waals surface area contributed by atoms with Crippen molar-refractivity contribution < 1.29 is 24.4 Å². The van der Waals surface area contributed by atoms with E-state index in [2.05, 4.69) is 0 Å². The molecule has 1 aromatic carbocycles. The highest BCUT2D eigenvalue weighted by Gasteiger charge is 2.28. The third-order valence-electron chi connectivity index (χ3n) is 3.14. The lowest BCUT2D eigenvalue weighted by atomic mass is 10.1. The van der Waals surface area contributed by atoms with E-state index in [9.17, 15) is 19.7 Å². The quantitative estimate of drug-likeness (QED) is 0.588. The summed E-state index contributed by atoms with van der Waals surface area (Å²) in [5, 5.41) is 19.7. The third kappa shape index (κ3) is 3.08. The number of nitro benzene ring substituents is 1. The summed E-state index contributed by atoms with van der Waals surface area (Å²) in [7, 11) is 0. The Bertz CT molecular complexity index is 603. The number of carbonyl (C=O) groups excluding carboxylic acids is 1. The molecular formula is C12H13N3O6. The maximum Gasteiger partial charge on any atom is 0.334 e. The summed E-state index contributed by atoms with van der Waals surface area (Å²) in [5.41, 5.74) is 5.34. The molecule has 1 aliphatic heterocycles. The van der Waals surface area contributed by atoms with E-state index in [1.165, 1.54) is 12.1 Å². The maximum atomic E-state index is 11.5. The van der Waals surface area contributed by atoms with Crippen molar-refractivity contribution in [1.29, 1.82) is 0 Å². The van der Waals surface area contributed by atoms with E-state index in [0.717, 1.165) is 6.07 Å². The fraction of sp³-hybridized carbons (Fsp3) is 0.333. The fourth-order valence-corrected chi connectivity index (χ4v) is 2.13. The Morgan fingerprint density at radius 2 is 2.19 bits per heavy atom. The van der Waals surface area contributed by atoms with Crippen LogP contribution in [0.5, 0.6) is 0 Å². The van der Waals surface area contributed by atoms with Crippen molar-refractivity contribution in [3.63, 3.8) is 0 Å². The highest BCUT2D eigenvalue weighted by atomic mass is 16.6. The van der Waals surface area contributed by atoms with E-state index < -0.39 is 22.9 Å². The Labute approximate surface area is 119 Å². The molecule has 1 amide bonds. The summed E-state index contributed by atoms with van der Waals surface area (Å²) in [6.07, 6.45) is -1.02. The first-order chi connectivity index (χ1) is 9.90. The van der Waals surface area contributed by atoms with E-state index in [1.54, 1.807) is 4.90 Å². The van der Waals surface area contributed by atoms with Gasteiger partial charge in [0.1, 0.15) is 0 Å². The molecule has 0 saturated carbocycles. The van der Waals surface area contributed by atoms with Gasteiger partial charge in [0.05, 0.1) is 29.3 Å². The molecule has 2 rings (SSSR count). The van der Waals surface area contributed by atoms with Gasteiger partial charge in [0.25, 0.3) is 11.6 Å². The first-order valence-corrected chi connectivity index (χ1v) is 6.07. The number of ether oxygens (including phenoxy) is 1. The second kappa shape index (κ2) is 5.75. The SMILES string of the molecule is NC(=O)c1cc([N+](=O)[O-])ccc1N1CCOC(C(=O)O)C1. The number of carbonyl (C=O) groups is 2. The van der Waals surface area contributed by atoms with Gasteiger partial charge in [-0.05, 0) is 6.07 Å². The number of carboxylic acid groups (broad SMARTS) is 1. The number of amides is 1. The summed E-state index contributed by atoms with van der Waals surface area (Å²) in [6, 6.07) is 3.72. The van der Waals surface area contributed by atoms with E-state index in [-0.39, 0.29) is 24.4 Å². The molecule has 1 fully saturated rings. The van der Waals surface area contributed by atoms with Crippen LogP contribution in [0.25, 0.3) is 0 Å². The van der Waals surface area contributed by atoms with Crippen molar-refractivity contribution >= 4 is 23.3 Å². The van der Waals surface area contributed by atoms with Crippen molar-refractivity contribution in [2.24, 2.45) is 5.73 Å². The molecule has 1 aliphatic rings. The van der Waals surface area contributed by atoms with Crippen LogP contribution in [0.2, 0.25) is 0 Å². The second-order valence-electron chi connectivity index (χ2n) is 4.47. The Morgan fingerprint density at radius 1 is 1.48 bits per heavy atom. The summed E-state index contributed by atoms with van der Waals surface area (Å²) in [5.74, 6) is -1.92. The zero-order valence-electron chi connectivity index (χ0n) is 10.9. The molecule has 0 spiro atoms. The minimum atomic E-state index is -1.11. The van der Waals surface area contributed by atoms with Crippen LogP contribution in [-0.2, 0) is 9.53 Å². The molecule has 0 aromatic heterocycles. The van der Waals surface area contributed by atoms with Gasteiger partial charge in [-0.3, -0.25) is 14.9 Å². The number of carboxylic acids is 1. The van der Waals surface area contributed by atoms with Gasteiger partial charge >= 0.3 is 5.97 Å². The van der Waals surface area contributed by atoms with Gasteiger partial charge in [-0.25, -0.2) is 4.79 Å². The molecule has 21 heavy (non-hydrogen) atoms. The van der Waals surface area contributed by atoms with Gasteiger partial charge in [-0.15, -0.1) is 0 Å². The lowest BCUT2D eigenvalue weighted by Crippen LogP contribution is -2.46. The molecule has 0 bridgehead atoms. The Hall–Kier alpha value is -2.68. The van der Waals surface area contributed by atoms with Crippen molar-refractivity contribution in [1.82, 2.24) is 0 Å². The number of morpholine rings is 1. The average molecular weight is 295 g/mol. The minimum absolute atomic E-state index is 0.0183. The van der Waals surface area contributed by atoms with Crippen LogP contribution in [0, 0.1) is 10.1 Å². The number of nitro groups is 1. The highest BCUT2D eigenvalue weighted by molar-refractivity contribution is 5.99. The van der Waals surface area contributed by atoms with Crippen molar-refractivity contribution in [2.45, 2.75) is 6.10 Å². The van der Waals surface area contributed by atoms with Gasteiger partial charge in [0.2, 0.25) is 0 Å². The van der Waals surface area contributed by atoms with Crippen LogP contribution in [0.3, 0.4) is 0 Å². The smallest absolute Gasteiger partial charge is 0.334 e. The summed E-state index contributed by atoms with van der Waals surface area (Å²) >= 11 is 0. The second-order valence-corrected chi connectivity index (χ2v) is 4.47. The lowest BCUT2D eigenvalue weighted by molar-refractivity contribution is -0.384. The van der Waals surface area contributed by atoms with E-state index in [4.69, 9.17) is 15.6 Å². The number of nitrogens with zero attached hydrogens (tertiary/aromatic N) is 2. The molecule has 9 heteroatoms. The number of hydrogen-bond acceptors (Lipinski definition) is 6. The minimum Gasteiger partial charge on any atom is -0.479 e. The largest absolute Gasteiger partial charge is 0.479 e. The molecule has 0 radical (unpaired) electrons. The van der Waals surface area contributed by atoms with E-state index in [1.807, 2.05) is 0 Å². The molecule has 3 N–H and O–H groups in total. The first-order valence-electron chi connectivity index (χ1n) is 6.07. The van der Waals surface area contributed by atoms with Gasteiger partial charge in [0.15, 0.2) is 6.10 Å². The maximum absolute atomic E-state index is 11.5. The molecule has 1 heterocycles. The van der Waals surface area contributed by atoms with Crippen LogP contribution < -0.4 is 10.6 Å². The van der Waals surface area contributed by atoms with E-state index >= 15 is 0 Å². The van der Waals surface area contributed by atoms with Crippen molar-refractivity contribution in [3.8, 4) is 0 Å². The zero-order chi connectivity index (χ0) is 15.6. The number of non-ortho nitro benzene ring substituents is 1. The first kappa shape index (κ1) is 14.7. The predicted molar refractivity (Wildman–Crippen MR) is 71.2 cm³/mol. The summed E-state index contributed by atoms with van der Waals surface area (Å²) in [4.78, 5) is 34.2. The number of rotatable bonds is 4. The van der Waals surface area contributed by atoms with Gasteiger partial charge in [-0.2, -0.15) is 0 Å². The molecule has 1 atom stereocenters. The van der Waals surface area contributed by atoms with E-state index in [0.29, 0.717) is 12.2 Å². The number of aliphatic carboxylic acids is 1. The molecule has 0 aliphatic carbocycles. The summed E-state index contributed by atoms with van der Waals surface area (Å²) in [6.45, 7) is 0.571. The molecule has 9 nitrogen and oxygen atoms in total. The molecule has 1 saturated heterocycles. The summed E-state index contributed by atoms with van der Waals surface area (Å²) < 4.78 is 5.09. The highest BCUT2D eigenvalue weighted by Crippen LogP contribution is 2.26. The molecule has 112 valence electrons. The zero-order valence-corrected chi connectivity index (χ0v) is 10.9. The van der Waals surface area contributed by atoms with Gasteiger partial charge in [-0.1, -0.05) is 0 Å². The predicted octanol–water partition coefficient (Wildman–Crippen LogP) is -0.0165. The van der Waals surface area contributed by atoms with Gasteiger partial charge < -0.3 is 20.5 Å². The number of primary amides is 1. The number of hydrogen-bond donors (Lipinski definition) is 2. The Morgan fingerprint density at radius 3 is 2.76 bits per heavy atom. The van der Waals surface area contributed by atoms with Crippen LogP contribution in [-0.4, -0.2) is 47.7 Å². The number of anilines is 1. The molecule has 1 aromatic rings. The van der Waals surface area contributed by atoms with Crippen molar-refractivity contribution in [3.05, 3.63) is 33.9 Å². The topological polar surface area (TPSA) is 136 Å². The average Bonchev–Trinajstić information content (AvgIpc) is 2.46. The molecular weight excluding hydrogens is 282 g/mol. The third-order valence-corrected chi connectivity index (χ3v) is 3.14.